The van der Waals surface area contributed by atoms with E-state index in [1.54, 1.807) is 5.38 Å². The summed E-state index contributed by atoms with van der Waals surface area (Å²) in [6.07, 6.45) is 0.661. The lowest BCUT2D eigenvalue weighted by molar-refractivity contribution is -0.154. The van der Waals surface area contributed by atoms with Crippen molar-refractivity contribution in [3.63, 3.8) is 0 Å². The number of esters is 2. The molecule has 2 atom stereocenters. The van der Waals surface area contributed by atoms with E-state index in [0.29, 0.717) is 27.1 Å². The van der Waals surface area contributed by atoms with Crippen molar-refractivity contribution in [3.8, 4) is 0 Å². The Kier molecular flexibility index (Phi) is 13.0. The number of aromatic nitrogens is 1. The Balaban J connectivity index is 0.979. The first kappa shape index (κ1) is 43.3. The Hall–Kier alpha value is -6.94. The van der Waals surface area contributed by atoms with Crippen LogP contribution in [0.4, 0.5) is 5.13 Å². The maximum Gasteiger partial charge on any atom is 0.356 e. The highest BCUT2D eigenvalue weighted by Crippen LogP contribution is 2.44. The number of anilines is 1. The van der Waals surface area contributed by atoms with Crippen LogP contribution in [-0.2, 0) is 39.0 Å². The second-order valence-corrected chi connectivity index (χ2v) is 18.1. The summed E-state index contributed by atoms with van der Waals surface area (Å²) >= 11 is 4.08. The number of nitrogens with zero attached hydrogens (tertiary/aromatic N) is 3. The summed E-state index contributed by atoms with van der Waals surface area (Å²) in [4.78, 5) is 67.0. The van der Waals surface area contributed by atoms with E-state index in [2.05, 4.69) is 52.2 Å². The van der Waals surface area contributed by atoms with Gasteiger partial charge in [-0.05, 0) is 33.4 Å². The van der Waals surface area contributed by atoms with Crippen molar-refractivity contribution in [2.75, 3.05) is 30.5 Å². The van der Waals surface area contributed by atoms with Gasteiger partial charge in [0.25, 0.3) is 11.8 Å². The molecule has 4 heterocycles. The standard InChI is InChI=1S/C50H41N5O7S3/c1-60-54-41(39-31-65-49(51-39)53-50(35-21-11-4-12-22-35,36-23-13-5-14-24-36)37-25-15-6-16-26-37)45(57)52-42-46(58)55-43(34(30-64-47(42)55)29-63-38-27-40(56)61-28-38)48(59)62-44(32-17-7-2-8-18-32)33-19-9-3-10-20-33/h2-27,31,42,44,47H,28-30H2,1H3,(H,51,53)(H,52,57)/b54-41-/t42-,47+/m1/s1. The summed E-state index contributed by atoms with van der Waals surface area (Å²) in [7, 11) is 1.33. The Labute approximate surface area is 387 Å². The fourth-order valence-electron chi connectivity index (χ4n) is 8.04. The molecule has 5 aromatic carbocycles. The number of thiazole rings is 1. The molecular weight excluding hydrogens is 879 g/mol. The minimum atomic E-state index is -1.01. The number of oxime groups is 1. The number of benzene rings is 5. The van der Waals surface area contributed by atoms with Crippen LogP contribution in [0.5, 0.6) is 0 Å². The van der Waals surface area contributed by atoms with Crippen molar-refractivity contribution in [3.05, 3.63) is 213 Å². The molecule has 0 radical (unpaired) electrons. The van der Waals surface area contributed by atoms with Crippen LogP contribution >= 0.6 is 34.9 Å². The number of carbonyl (C=O) groups is 4. The first-order valence-corrected chi connectivity index (χ1v) is 23.6. The third-order valence-electron chi connectivity index (χ3n) is 11.1. The van der Waals surface area contributed by atoms with Crippen LogP contribution in [0, 0.1) is 0 Å². The molecule has 0 bridgehead atoms. The highest BCUT2D eigenvalue weighted by molar-refractivity contribution is 8.03. The number of thioether (sulfide) groups is 2. The SMILES string of the molecule is CO/N=C(\C(=O)N[C@@H]1C(=O)N2C(C(=O)OC(c3ccccc3)c3ccccc3)=C(CSC3=CC(=O)OC3)CS[C@@H]12)c1csc(NC(c2ccccc2)(c2ccccc2)c2ccccc2)n1. The van der Waals surface area contributed by atoms with E-state index in [0.717, 1.165) is 27.8 Å². The van der Waals surface area contributed by atoms with Gasteiger partial charge in [0.15, 0.2) is 16.9 Å². The highest BCUT2D eigenvalue weighted by Gasteiger charge is 2.55. The van der Waals surface area contributed by atoms with Crippen molar-refractivity contribution in [2.24, 2.45) is 5.16 Å². The summed E-state index contributed by atoms with van der Waals surface area (Å²) in [6.45, 7) is 0.142. The Morgan fingerprint density at radius 2 is 1.40 bits per heavy atom. The van der Waals surface area contributed by atoms with E-state index in [4.69, 9.17) is 19.3 Å². The molecule has 65 heavy (non-hydrogen) atoms. The zero-order chi connectivity index (χ0) is 44.8. The average Bonchev–Trinajstić information content (AvgIpc) is 4.01. The molecule has 15 heteroatoms. The fourth-order valence-corrected chi connectivity index (χ4v) is 11.2. The number of hydrogen-bond donors (Lipinski definition) is 2. The molecule has 0 aliphatic carbocycles. The smallest absolute Gasteiger partial charge is 0.356 e. The van der Waals surface area contributed by atoms with Crippen LogP contribution in [0.3, 0.4) is 0 Å². The molecule has 1 saturated heterocycles. The summed E-state index contributed by atoms with van der Waals surface area (Å²) < 4.78 is 11.4. The molecule has 6 aromatic rings. The first-order chi connectivity index (χ1) is 31.8. The molecule has 3 aliphatic heterocycles. The molecule has 12 nitrogen and oxygen atoms in total. The largest absolute Gasteiger partial charge is 0.457 e. The number of rotatable bonds is 16. The van der Waals surface area contributed by atoms with E-state index < -0.39 is 46.8 Å². The lowest BCUT2D eigenvalue weighted by Crippen LogP contribution is -2.71. The first-order valence-electron chi connectivity index (χ1n) is 20.6. The molecular formula is C50H41N5O7S3. The number of carbonyl (C=O) groups excluding carboxylic acids is 4. The summed E-state index contributed by atoms with van der Waals surface area (Å²) in [6, 6.07) is 48.0. The van der Waals surface area contributed by atoms with Gasteiger partial charge in [-0.3, -0.25) is 14.5 Å². The molecule has 2 amide bonds. The van der Waals surface area contributed by atoms with Crippen LogP contribution in [-0.4, -0.2) is 76.0 Å². The van der Waals surface area contributed by atoms with E-state index in [1.807, 2.05) is 115 Å². The van der Waals surface area contributed by atoms with Gasteiger partial charge in [0, 0.05) is 27.9 Å². The van der Waals surface area contributed by atoms with Gasteiger partial charge < -0.3 is 24.9 Å². The predicted octanol–water partition coefficient (Wildman–Crippen LogP) is 8.06. The Morgan fingerprint density at radius 3 is 1.92 bits per heavy atom. The van der Waals surface area contributed by atoms with Crippen LogP contribution in [0.1, 0.15) is 39.6 Å². The number of amides is 2. The highest BCUT2D eigenvalue weighted by atomic mass is 32.2. The van der Waals surface area contributed by atoms with Gasteiger partial charge in [0.2, 0.25) is 0 Å². The van der Waals surface area contributed by atoms with Gasteiger partial charge in [-0.1, -0.05) is 157 Å². The van der Waals surface area contributed by atoms with Crippen molar-refractivity contribution < 1.29 is 33.5 Å². The second kappa shape index (κ2) is 19.4. The van der Waals surface area contributed by atoms with Crippen molar-refractivity contribution in [1.29, 1.82) is 0 Å². The lowest BCUT2D eigenvalue weighted by Gasteiger charge is -2.49. The Bertz CT molecular complexity index is 2650. The summed E-state index contributed by atoms with van der Waals surface area (Å²) in [5, 5.41) is 12.3. The predicted molar refractivity (Wildman–Crippen MR) is 253 cm³/mol. The third kappa shape index (κ3) is 8.95. The van der Waals surface area contributed by atoms with Crippen molar-refractivity contribution in [2.45, 2.75) is 23.1 Å². The number of ether oxygens (including phenoxy) is 2. The zero-order valence-electron chi connectivity index (χ0n) is 34.9. The van der Waals surface area contributed by atoms with Gasteiger partial charge in [0.1, 0.15) is 42.1 Å². The van der Waals surface area contributed by atoms with Gasteiger partial charge in [-0.25, -0.2) is 14.6 Å². The normalized spacial score (nSPS) is 17.2. The summed E-state index contributed by atoms with van der Waals surface area (Å²) in [5.41, 5.74) is 4.45. The molecule has 0 spiro atoms. The zero-order valence-corrected chi connectivity index (χ0v) is 37.3. The number of fused-ring (bicyclic) bond motifs is 1. The topological polar surface area (TPSA) is 149 Å². The number of β-lactam (4-membered cyclic amide) rings is 1. The van der Waals surface area contributed by atoms with Crippen LogP contribution in [0.2, 0.25) is 0 Å². The van der Waals surface area contributed by atoms with Crippen molar-refractivity contribution in [1.82, 2.24) is 15.2 Å². The number of hydrogen-bond acceptors (Lipinski definition) is 13. The minimum Gasteiger partial charge on any atom is -0.457 e. The molecule has 1 aromatic heterocycles. The van der Waals surface area contributed by atoms with Gasteiger partial charge in [-0.2, -0.15) is 0 Å². The van der Waals surface area contributed by atoms with Crippen LogP contribution < -0.4 is 10.6 Å². The maximum absolute atomic E-state index is 14.5. The van der Waals surface area contributed by atoms with Gasteiger partial charge in [0.05, 0.1) is 0 Å². The molecule has 2 N–H and O–H groups in total. The quantitative estimate of drug-likeness (QED) is 0.0320. The molecule has 1 fully saturated rings. The van der Waals surface area contributed by atoms with Crippen molar-refractivity contribution >= 4 is 69.5 Å². The van der Waals surface area contributed by atoms with Crippen LogP contribution in [0.25, 0.3) is 0 Å². The Morgan fingerprint density at radius 1 is 0.846 bits per heavy atom. The molecule has 326 valence electrons. The number of cyclic esters (lactones) is 1. The molecule has 9 rings (SSSR count). The monoisotopic (exact) mass is 919 g/mol. The summed E-state index contributed by atoms with van der Waals surface area (Å²) in [5.74, 6) is -1.62. The molecule has 0 saturated carbocycles. The van der Waals surface area contributed by atoms with Crippen LogP contribution in [0.15, 0.2) is 184 Å². The second-order valence-electron chi connectivity index (χ2n) is 15.1. The third-order valence-corrected chi connectivity index (χ3v) is 14.3. The van der Waals surface area contributed by atoms with E-state index in [9.17, 15) is 19.2 Å². The minimum absolute atomic E-state index is 0.110. The molecule has 3 aliphatic rings. The van der Waals surface area contributed by atoms with E-state index in [-0.39, 0.29) is 23.7 Å². The lowest BCUT2D eigenvalue weighted by atomic mass is 9.77. The van der Waals surface area contributed by atoms with Gasteiger partial charge in [-0.15, -0.1) is 34.9 Å². The van der Waals surface area contributed by atoms with E-state index >= 15 is 0 Å². The fraction of sp³-hybridized carbons (Fsp3) is 0.160. The average molecular weight is 920 g/mol. The molecule has 0 unspecified atom stereocenters. The number of nitrogens with one attached hydrogen (secondary N) is 2. The van der Waals surface area contributed by atoms with E-state index in [1.165, 1.54) is 52.9 Å². The van der Waals surface area contributed by atoms with Gasteiger partial charge >= 0.3 is 11.9 Å². The maximum atomic E-state index is 14.5.